The third-order valence-electron chi connectivity index (χ3n) is 5.72. The fourth-order valence-corrected chi connectivity index (χ4v) is 3.91. The summed E-state index contributed by atoms with van der Waals surface area (Å²) in [7, 11) is 0. The van der Waals surface area contributed by atoms with Crippen LogP contribution in [0.5, 0.6) is 5.88 Å². The van der Waals surface area contributed by atoms with Crippen LogP contribution in [0.15, 0.2) is 48.7 Å². The Bertz CT molecular complexity index is 885. The van der Waals surface area contributed by atoms with Crippen LogP contribution in [0.25, 0.3) is 0 Å². The second-order valence-corrected chi connectivity index (χ2v) is 8.14. The molecule has 30 heavy (non-hydrogen) atoms. The van der Waals surface area contributed by atoms with Gasteiger partial charge < -0.3 is 14.5 Å². The number of aromatic nitrogens is 1. The molecule has 7 heteroatoms. The van der Waals surface area contributed by atoms with Crippen LogP contribution in [0.2, 0.25) is 0 Å². The van der Waals surface area contributed by atoms with Crippen LogP contribution >= 0.6 is 0 Å². The summed E-state index contributed by atoms with van der Waals surface area (Å²) < 4.78 is 5.85. The van der Waals surface area contributed by atoms with E-state index in [0.717, 1.165) is 12.1 Å². The monoisotopic (exact) mass is 408 g/mol. The largest absolute Gasteiger partial charge is 0.472 e. The van der Waals surface area contributed by atoms with Crippen LogP contribution in [0.3, 0.4) is 0 Å². The number of urea groups is 1. The third kappa shape index (κ3) is 4.40. The molecule has 2 aromatic rings. The van der Waals surface area contributed by atoms with E-state index in [1.807, 2.05) is 30.3 Å². The van der Waals surface area contributed by atoms with Gasteiger partial charge in [-0.15, -0.1) is 0 Å². The number of hydrogen-bond donors (Lipinski definition) is 0. The number of rotatable bonds is 6. The van der Waals surface area contributed by atoms with Crippen molar-refractivity contribution in [3.63, 3.8) is 0 Å². The first-order valence-electron chi connectivity index (χ1n) is 10.5. The molecule has 2 fully saturated rings. The summed E-state index contributed by atoms with van der Waals surface area (Å²) in [4.78, 5) is 34.9. The van der Waals surface area contributed by atoms with Gasteiger partial charge in [-0.2, -0.15) is 0 Å². The van der Waals surface area contributed by atoms with Gasteiger partial charge in [-0.25, -0.2) is 9.78 Å². The molecule has 3 heterocycles. The number of pyridine rings is 1. The molecule has 4 rings (SSSR count). The third-order valence-corrected chi connectivity index (χ3v) is 5.72. The summed E-state index contributed by atoms with van der Waals surface area (Å²) in [6.45, 7) is 6.71. The van der Waals surface area contributed by atoms with Crippen molar-refractivity contribution in [2.75, 3.05) is 37.6 Å². The van der Waals surface area contributed by atoms with E-state index in [0.29, 0.717) is 38.0 Å². The highest BCUT2D eigenvalue weighted by Crippen LogP contribution is 2.24. The van der Waals surface area contributed by atoms with Crippen molar-refractivity contribution in [3.05, 3.63) is 54.2 Å². The molecule has 3 amide bonds. The van der Waals surface area contributed by atoms with Crippen LogP contribution in [0.1, 0.15) is 31.7 Å². The number of amides is 3. The van der Waals surface area contributed by atoms with Gasteiger partial charge in [-0.3, -0.25) is 9.69 Å². The van der Waals surface area contributed by atoms with Crippen LogP contribution in [0, 0.1) is 0 Å². The molecule has 2 saturated heterocycles. The number of hydrogen-bond acceptors (Lipinski definition) is 4. The Kier molecular flexibility index (Phi) is 5.88. The average molecular weight is 409 g/mol. The zero-order valence-electron chi connectivity index (χ0n) is 17.5. The summed E-state index contributed by atoms with van der Waals surface area (Å²) in [5.41, 5.74) is 2.12. The van der Waals surface area contributed by atoms with Crippen molar-refractivity contribution in [1.29, 1.82) is 0 Å². The van der Waals surface area contributed by atoms with Gasteiger partial charge in [0.2, 0.25) is 11.8 Å². The Labute approximate surface area is 177 Å². The Balaban J connectivity index is 1.30. The Morgan fingerprint density at radius 1 is 1.13 bits per heavy atom. The Morgan fingerprint density at radius 3 is 2.63 bits per heavy atom. The number of benzene rings is 1. The second-order valence-electron chi connectivity index (χ2n) is 8.14. The molecule has 2 aliphatic rings. The summed E-state index contributed by atoms with van der Waals surface area (Å²) in [6.07, 6.45) is 2.40. The van der Waals surface area contributed by atoms with E-state index >= 15 is 0 Å². The van der Waals surface area contributed by atoms with E-state index in [4.69, 9.17) is 4.74 Å². The zero-order valence-corrected chi connectivity index (χ0v) is 17.5. The lowest BCUT2D eigenvalue weighted by molar-refractivity contribution is -0.130. The van der Waals surface area contributed by atoms with Gasteiger partial charge in [0.15, 0.2) is 0 Å². The van der Waals surface area contributed by atoms with E-state index in [9.17, 15) is 9.59 Å². The fourth-order valence-electron chi connectivity index (χ4n) is 3.91. The van der Waals surface area contributed by atoms with E-state index in [1.54, 1.807) is 20.9 Å². The molecule has 0 aliphatic carbocycles. The highest BCUT2D eigenvalue weighted by Gasteiger charge is 2.34. The maximum atomic E-state index is 12.8. The standard InChI is InChI=1S/C23H28N4O3/c1-17(2)18-6-8-19(9-7-18)27-14-13-26(23(27)29)16-22(28)25-12-10-20(15-25)30-21-5-3-4-11-24-21/h3-9,11,17,20H,10,12-16H2,1-2H3. The van der Waals surface area contributed by atoms with Crippen LogP contribution in [0.4, 0.5) is 10.5 Å². The minimum atomic E-state index is -0.110. The first-order valence-corrected chi connectivity index (χ1v) is 10.5. The molecule has 0 saturated carbocycles. The van der Waals surface area contributed by atoms with Crippen molar-refractivity contribution in [2.45, 2.75) is 32.3 Å². The number of likely N-dealkylation sites (tertiary alicyclic amines) is 1. The predicted molar refractivity (Wildman–Crippen MR) is 115 cm³/mol. The molecule has 0 N–H and O–H groups in total. The zero-order chi connectivity index (χ0) is 21.1. The van der Waals surface area contributed by atoms with Gasteiger partial charge in [-0.1, -0.05) is 32.0 Å². The lowest BCUT2D eigenvalue weighted by atomic mass is 10.0. The number of carbonyl (C=O) groups excluding carboxylic acids is 2. The van der Waals surface area contributed by atoms with E-state index < -0.39 is 0 Å². The minimum absolute atomic E-state index is 0.0347. The molecule has 1 aromatic carbocycles. The van der Waals surface area contributed by atoms with Crippen LogP contribution in [-0.2, 0) is 4.79 Å². The SMILES string of the molecule is CC(C)c1ccc(N2CCN(CC(=O)N3CCC(Oc4ccccn4)C3)C2=O)cc1. The highest BCUT2D eigenvalue weighted by molar-refractivity contribution is 5.96. The van der Waals surface area contributed by atoms with Gasteiger partial charge in [-0.05, 0) is 29.7 Å². The van der Waals surface area contributed by atoms with Crippen molar-refractivity contribution in [1.82, 2.24) is 14.8 Å². The average Bonchev–Trinajstić information content (AvgIpc) is 3.36. The number of anilines is 1. The molecule has 0 spiro atoms. The summed E-state index contributed by atoms with van der Waals surface area (Å²) in [6, 6.07) is 13.5. The first-order chi connectivity index (χ1) is 14.5. The molecule has 1 aromatic heterocycles. The lowest BCUT2D eigenvalue weighted by Crippen LogP contribution is -2.42. The van der Waals surface area contributed by atoms with Gasteiger partial charge in [0.25, 0.3) is 0 Å². The Hall–Kier alpha value is -3.09. The van der Waals surface area contributed by atoms with Crippen molar-refractivity contribution < 1.29 is 14.3 Å². The number of carbonyl (C=O) groups is 2. The highest BCUT2D eigenvalue weighted by atomic mass is 16.5. The van der Waals surface area contributed by atoms with E-state index in [2.05, 4.69) is 31.0 Å². The van der Waals surface area contributed by atoms with Crippen molar-refractivity contribution in [2.24, 2.45) is 0 Å². The van der Waals surface area contributed by atoms with Crippen LogP contribution in [-0.4, -0.2) is 65.5 Å². The number of nitrogens with zero attached hydrogens (tertiary/aromatic N) is 4. The molecule has 7 nitrogen and oxygen atoms in total. The van der Waals surface area contributed by atoms with Gasteiger partial charge >= 0.3 is 6.03 Å². The maximum Gasteiger partial charge on any atom is 0.325 e. The summed E-state index contributed by atoms with van der Waals surface area (Å²) >= 11 is 0. The van der Waals surface area contributed by atoms with Gasteiger partial charge in [0.05, 0.1) is 6.54 Å². The Morgan fingerprint density at radius 2 is 1.93 bits per heavy atom. The topological polar surface area (TPSA) is 66.0 Å². The van der Waals surface area contributed by atoms with E-state index in [-0.39, 0.29) is 24.6 Å². The quantitative estimate of drug-likeness (QED) is 0.737. The van der Waals surface area contributed by atoms with Crippen LogP contribution < -0.4 is 9.64 Å². The van der Waals surface area contributed by atoms with Gasteiger partial charge in [0, 0.05) is 44.0 Å². The molecule has 2 aliphatic heterocycles. The summed E-state index contributed by atoms with van der Waals surface area (Å²) in [5, 5.41) is 0. The molecule has 158 valence electrons. The lowest BCUT2D eigenvalue weighted by Gasteiger charge is -2.22. The minimum Gasteiger partial charge on any atom is -0.472 e. The number of ether oxygens (including phenoxy) is 1. The fraction of sp³-hybridized carbons (Fsp3) is 0.435. The second kappa shape index (κ2) is 8.73. The first kappa shape index (κ1) is 20.2. The van der Waals surface area contributed by atoms with Crippen molar-refractivity contribution >= 4 is 17.6 Å². The molecule has 1 atom stereocenters. The smallest absolute Gasteiger partial charge is 0.325 e. The normalized spacial score (nSPS) is 19.1. The molecular formula is C23H28N4O3. The summed E-state index contributed by atoms with van der Waals surface area (Å²) in [5.74, 6) is 0.992. The maximum absolute atomic E-state index is 12.8. The van der Waals surface area contributed by atoms with Crippen molar-refractivity contribution in [3.8, 4) is 5.88 Å². The van der Waals surface area contributed by atoms with E-state index in [1.165, 1.54) is 5.56 Å². The molecule has 1 unspecified atom stereocenters. The predicted octanol–water partition coefficient (Wildman–Crippen LogP) is 3.13. The molecule has 0 bridgehead atoms. The molecule has 0 radical (unpaired) electrons. The molecular weight excluding hydrogens is 380 g/mol. The van der Waals surface area contributed by atoms with Gasteiger partial charge in [0.1, 0.15) is 12.6 Å².